The first-order chi connectivity index (χ1) is 10.2. The van der Waals surface area contributed by atoms with Gasteiger partial charge in [0.25, 0.3) is 5.91 Å². The van der Waals surface area contributed by atoms with Gasteiger partial charge in [-0.15, -0.1) is 0 Å². The van der Waals surface area contributed by atoms with Crippen molar-refractivity contribution in [3.8, 4) is 0 Å². The topological polar surface area (TPSA) is 32.3 Å². The summed E-state index contributed by atoms with van der Waals surface area (Å²) in [4.78, 5) is 14.7. The molecule has 0 aliphatic carbocycles. The van der Waals surface area contributed by atoms with E-state index >= 15 is 0 Å². The lowest BCUT2D eigenvalue weighted by molar-refractivity contribution is 0.0661. The Bertz CT molecular complexity index is 526. The maximum Gasteiger partial charge on any atom is 0.257 e. The Labute approximate surface area is 125 Å². The summed E-state index contributed by atoms with van der Waals surface area (Å²) < 4.78 is 14.2. The van der Waals surface area contributed by atoms with Crippen LogP contribution in [0.2, 0.25) is 0 Å². The molecule has 0 radical (unpaired) electrons. The summed E-state index contributed by atoms with van der Waals surface area (Å²) in [7, 11) is 0. The van der Waals surface area contributed by atoms with Crippen LogP contribution in [0.3, 0.4) is 0 Å². The fourth-order valence-electron chi connectivity index (χ4n) is 3.73. The summed E-state index contributed by atoms with van der Waals surface area (Å²) in [5, 5.41) is 3.37. The number of benzene rings is 1. The largest absolute Gasteiger partial charge is 0.335 e. The molecule has 2 fully saturated rings. The maximum absolute atomic E-state index is 14.2. The second-order valence-corrected chi connectivity index (χ2v) is 6.23. The number of rotatable bonds is 2. The first kappa shape index (κ1) is 14.5. The Morgan fingerprint density at radius 1 is 1.29 bits per heavy atom. The molecule has 4 heteroatoms. The molecule has 3 nitrogen and oxygen atoms in total. The van der Waals surface area contributed by atoms with Crippen molar-refractivity contribution in [1.29, 1.82) is 0 Å². The number of hydrogen-bond acceptors (Lipinski definition) is 2. The number of aryl methyl sites for hydroxylation is 1. The summed E-state index contributed by atoms with van der Waals surface area (Å²) in [5.41, 5.74) is 0.772. The van der Waals surface area contributed by atoms with Gasteiger partial charge in [0, 0.05) is 12.6 Å². The predicted octanol–water partition coefficient (Wildman–Crippen LogP) is 2.74. The van der Waals surface area contributed by atoms with E-state index in [2.05, 4.69) is 5.32 Å². The van der Waals surface area contributed by atoms with Gasteiger partial charge in [0.1, 0.15) is 5.82 Å². The third kappa shape index (κ3) is 2.82. The van der Waals surface area contributed by atoms with Crippen LogP contribution in [0.4, 0.5) is 4.39 Å². The van der Waals surface area contributed by atoms with Crippen LogP contribution in [-0.2, 0) is 0 Å². The number of hydrogen-bond donors (Lipinski definition) is 1. The van der Waals surface area contributed by atoms with Gasteiger partial charge in [0.2, 0.25) is 0 Å². The van der Waals surface area contributed by atoms with Gasteiger partial charge in [-0.05, 0) is 63.2 Å². The molecule has 2 saturated heterocycles. The van der Waals surface area contributed by atoms with Crippen molar-refractivity contribution in [2.24, 2.45) is 5.92 Å². The van der Waals surface area contributed by atoms with Crippen molar-refractivity contribution in [2.45, 2.75) is 38.6 Å². The monoisotopic (exact) mass is 290 g/mol. The van der Waals surface area contributed by atoms with E-state index in [-0.39, 0.29) is 17.3 Å². The van der Waals surface area contributed by atoms with Gasteiger partial charge in [0.05, 0.1) is 5.56 Å². The average molecular weight is 290 g/mol. The Kier molecular flexibility index (Phi) is 4.24. The lowest BCUT2D eigenvalue weighted by atomic mass is 9.88. The number of halogens is 1. The van der Waals surface area contributed by atoms with E-state index < -0.39 is 0 Å². The van der Waals surface area contributed by atoms with Crippen molar-refractivity contribution in [3.05, 3.63) is 35.1 Å². The highest BCUT2D eigenvalue weighted by molar-refractivity contribution is 5.95. The van der Waals surface area contributed by atoms with Crippen LogP contribution in [0.25, 0.3) is 0 Å². The molecule has 0 saturated carbocycles. The van der Waals surface area contributed by atoms with Gasteiger partial charge in [-0.2, -0.15) is 0 Å². The quantitative estimate of drug-likeness (QED) is 0.908. The van der Waals surface area contributed by atoms with Gasteiger partial charge in [0.15, 0.2) is 0 Å². The van der Waals surface area contributed by atoms with Crippen molar-refractivity contribution in [1.82, 2.24) is 10.2 Å². The van der Waals surface area contributed by atoms with E-state index in [0.717, 1.165) is 45.3 Å². The lowest BCUT2D eigenvalue weighted by Crippen LogP contribution is -2.44. The molecule has 0 spiro atoms. The highest BCUT2D eigenvalue weighted by atomic mass is 19.1. The Morgan fingerprint density at radius 3 is 2.81 bits per heavy atom. The zero-order valence-electron chi connectivity index (χ0n) is 12.6. The van der Waals surface area contributed by atoms with Crippen LogP contribution in [0, 0.1) is 18.7 Å². The first-order valence-electron chi connectivity index (χ1n) is 7.95. The minimum Gasteiger partial charge on any atom is -0.335 e. The molecule has 1 atom stereocenters. The fourth-order valence-corrected chi connectivity index (χ4v) is 3.73. The van der Waals surface area contributed by atoms with Gasteiger partial charge in [-0.25, -0.2) is 4.39 Å². The van der Waals surface area contributed by atoms with Gasteiger partial charge >= 0.3 is 0 Å². The summed E-state index contributed by atoms with van der Waals surface area (Å²) >= 11 is 0. The van der Waals surface area contributed by atoms with E-state index in [0.29, 0.717) is 17.5 Å². The smallest absolute Gasteiger partial charge is 0.257 e. The van der Waals surface area contributed by atoms with Crippen LogP contribution < -0.4 is 5.32 Å². The second-order valence-electron chi connectivity index (χ2n) is 6.23. The van der Waals surface area contributed by atoms with Crippen molar-refractivity contribution in [2.75, 3.05) is 19.6 Å². The molecule has 2 aliphatic rings. The molecule has 0 aromatic heterocycles. The van der Waals surface area contributed by atoms with E-state index in [9.17, 15) is 9.18 Å². The van der Waals surface area contributed by atoms with E-state index in [1.54, 1.807) is 25.1 Å². The molecule has 1 aromatic carbocycles. The van der Waals surface area contributed by atoms with Crippen LogP contribution in [0.15, 0.2) is 18.2 Å². The van der Waals surface area contributed by atoms with Gasteiger partial charge in [-0.3, -0.25) is 4.79 Å². The molecule has 2 heterocycles. The fraction of sp³-hybridized carbons (Fsp3) is 0.588. The van der Waals surface area contributed by atoms with Gasteiger partial charge < -0.3 is 10.2 Å². The number of amides is 1. The highest BCUT2D eigenvalue weighted by Crippen LogP contribution is 2.31. The highest BCUT2D eigenvalue weighted by Gasteiger charge is 2.36. The Hall–Kier alpha value is -1.42. The molecule has 2 aliphatic heterocycles. The molecule has 114 valence electrons. The number of piperidine rings is 1. The number of carbonyl (C=O) groups is 1. The first-order valence-corrected chi connectivity index (χ1v) is 7.95. The summed E-state index contributed by atoms with van der Waals surface area (Å²) in [6.07, 6.45) is 4.33. The molecule has 0 bridgehead atoms. The normalized spacial score (nSPS) is 23.5. The lowest BCUT2D eigenvalue weighted by Gasteiger charge is -2.34. The van der Waals surface area contributed by atoms with Crippen LogP contribution in [0.1, 0.15) is 41.6 Å². The zero-order chi connectivity index (χ0) is 14.8. The molecule has 1 N–H and O–H groups in total. The third-order valence-electron chi connectivity index (χ3n) is 4.91. The summed E-state index contributed by atoms with van der Waals surface area (Å²) in [6.45, 7) is 4.53. The van der Waals surface area contributed by atoms with E-state index in [4.69, 9.17) is 0 Å². The summed E-state index contributed by atoms with van der Waals surface area (Å²) in [6, 6.07) is 5.38. The second kappa shape index (κ2) is 6.14. The van der Waals surface area contributed by atoms with Crippen LogP contribution in [0.5, 0.6) is 0 Å². The Morgan fingerprint density at radius 2 is 2.05 bits per heavy atom. The van der Waals surface area contributed by atoms with Crippen molar-refractivity contribution in [3.63, 3.8) is 0 Å². The van der Waals surface area contributed by atoms with Crippen molar-refractivity contribution >= 4 is 5.91 Å². The van der Waals surface area contributed by atoms with Crippen LogP contribution >= 0.6 is 0 Å². The molecule has 21 heavy (non-hydrogen) atoms. The van der Waals surface area contributed by atoms with Crippen molar-refractivity contribution < 1.29 is 9.18 Å². The standard InChI is InChI=1S/C17H23FN2O/c1-12-4-2-5-14(16(12)18)17(21)20-11-3-6-15(20)13-7-9-19-10-8-13/h2,4-5,13,15,19H,3,6-11H2,1H3. The molecule has 1 unspecified atom stereocenters. The molecule has 1 amide bonds. The van der Waals surface area contributed by atoms with Crippen LogP contribution in [-0.4, -0.2) is 36.5 Å². The number of carbonyl (C=O) groups excluding carboxylic acids is 1. The number of likely N-dealkylation sites (tertiary alicyclic amines) is 1. The van der Waals surface area contributed by atoms with E-state index in [1.807, 2.05) is 4.90 Å². The zero-order valence-corrected chi connectivity index (χ0v) is 12.6. The number of nitrogens with one attached hydrogen (secondary N) is 1. The maximum atomic E-state index is 14.2. The Balaban J connectivity index is 1.81. The SMILES string of the molecule is Cc1cccc(C(=O)N2CCCC2C2CCNCC2)c1F. The molecule has 3 rings (SSSR count). The molecular formula is C17H23FN2O. The third-order valence-corrected chi connectivity index (χ3v) is 4.91. The summed E-state index contributed by atoms with van der Waals surface area (Å²) in [5.74, 6) is 0.0706. The van der Waals surface area contributed by atoms with E-state index in [1.165, 1.54) is 0 Å². The predicted molar refractivity (Wildman–Crippen MR) is 80.8 cm³/mol. The molecule has 1 aromatic rings. The van der Waals surface area contributed by atoms with Gasteiger partial charge in [-0.1, -0.05) is 12.1 Å². The minimum absolute atomic E-state index is 0.128. The average Bonchev–Trinajstić information content (AvgIpc) is 3.00. The minimum atomic E-state index is -0.363. The molecular weight excluding hydrogens is 267 g/mol. The number of nitrogens with zero attached hydrogens (tertiary/aromatic N) is 1.